The molecule has 3 rings (SSSR count). The van der Waals surface area contributed by atoms with Crippen LogP contribution in [0.15, 0.2) is 0 Å². The summed E-state index contributed by atoms with van der Waals surface area (Å²) in [5.41, 5.74) is -0.151. The van der Waals surface area contributed by atoms with Gasteiger partial charge >= 0.3 is 0 Å². The third-order valence-corrected chi connectivity index (χ3v) is 5.30. The predicted octanol–water partition coefficient (Wildman–Crippen LogP) is 1.93. The van der Waals surface area contributed by atoms with Gasteiger partial charge in [0.25, 0.3) is 0 Å². The van der Waals surface area contributed by atoms with Crippen molar-refractivity contribution in [2.24, 2.45) is 23.2 Å². The maximum absolute atomic E-state index is 12.7. The first-order chi connectivity index (χ1) is 8.63. The number of amides is 1. The van der Waals surface area contributed by atoms with Crippen molar-refractivity contribution < 1.29 is 4.79 Å². The fourth-order valence-electron chi connectivity index (χ4n) is 3.49. The quantitative estimate of drug-likeness (QED) is 0.783. The van der Waals surface area contributed by atoms with Gasteiger partial charge in [-0.05, 0) is 56.4 Å². The summed E-state index contributed by atoms with van der Waals surface area (Å²) in [5.74, 6) is 2.33. The molecule has 3 nitrogen and oxygen atoms in total. The minimum Gasteiger partial charge on any atom is -0.352 e. The van der Waals surface area contributed by atoms with Gasteiger partial charge in [0.15, 0.2) is 0 Å². The number of nitrogens with one attached hydrogen (secondary N) is 2. The number of hydrogen-bond acceptors (Lipinski definition) is 2. The fourth-order valence-corrected chi connectivity index (χ4v) is 3.49. The average molecular weight is 250 g/mol. The van der Waals surface area contributed by atoms with Crippen LogP contribution in [0.3, 0.4) is 0 Å². The minimum absolute atomic E-state index is 0.151. The maximum atomic E-state index is 12.7. The van der Waals surface area contributed by atoms with Gasteiger partial charge in [-0.3, -0.25) is 4.79 Å². The Bertz CT molecular complexity index is 313. The number of hydrogen-bond donors (Lipinski definition) is 2. The lowest BCUT2D eigenvalue weighted by atomic mass is 9.75. The smallest absolute Gasteiger partial charge is 0.228 e. The van der Waals surface area contributed by atoms with Crippen LogP contribution < -0.4 is 10.6 Å². The highest BCUT2D eigenvalue weighted by atomic mass is 16.2. The van der Waals surface area contributed by atoms with E-state index in [-0.39, 0.29) is 5.41 Å². The second-order valence-electron chi connectivity index (χ2n) is 6.91. The van der Waals surface area contributed by atoms with E-state index in [2.05, 4.69) is 24.5 Å². The molecule has 102 valence electrons. The van der Waals surface area contributed by atoms with Gasteiger partial charge in [-0.1, -0.05) is 13.8 Å². The summed E-state index contributed by atoms with van der Waals surface area (Å²) in [7, 11) is 0. The largest absolute Gasteiger partial charge is 0.352 e. The summed E-state index contributed by atoms with van der Waals surface area (Å²) in [6.07, 6.45) is 6.31. The first kappa shape index (κ1) is 12.5. The van der Waals surface area contributed by atoms with Crippen molar-refractivity contribution >= 4 is 5.91 Å². The van der Waals surface area contributed by atoms with Gasteiger partial charge in [0.1, 0.15) is 0 Å². The first-order valence-corrected chi connectivity index (χ1v) is 7.65. The van der Waals surface area contributed by atoms with Crippen molar-refractivity contribution in [3.05, 3.63) is 0 Å². The van der Waals surface area contributed by atoms with Crippen LogP contribution >= 0.6 is 0 Å². The Morgan fingerprint density at radius 3 is 2.22 bits per heavy atom. The second-order valence-corrected chi connectivity index (χ2v) is 6.91. The van der Waals surface area contributed by atoms with Gasteiger partial charge in [-0.2, -0.15) is 0 Å². The van der Waals surface area contributed by atoms with Crippen LogP contribution in [-0.4, -0.2) is 25.0 Å². The van der Waals surface area contributed by atoms with E-state index in [1.165, 1.54) is 25.7 Å². The van der Waals surface area contributed by atoms with E-state index < -0.39 is 0 Å². The first-order valence-electron chi connectivity index (χ1n) is 7.65. The Labute approximate surface area is 110 Å². The average Bonchev–Trinajstić information content (AvgIpc) is 3.25. The lowest BCUT2D eigenvalue weighted by Gasteiger charge is -2.33. The Hall–Kier alpha value is -0.570. The van der Waals surface area contributed by atoms with E-state index >= 15 is 0 Å². The van der Waals surface area contributed by atoms with E-state index in [1.807, 2.05) is 0 Å². The molecule has 0 aromatic rings. The van der Waals surface area contributed by atoms with Crippen molar-refractivity contribution in [3.8, 4) is 0 Å². The van der Waals surface area contributed by atoms with Gasteiger partial charge in [0, 0.05) is 12.6 Å². The Morgan fingerprint density at radius 2 is 1.83 bits per heavy atom. The van der Waals surface area contributed by atoms with Crippen LogP contribution in [-0.2, 0) is 4.79 Å². The van der Waals surface area contributed by atoms with Crippen LogP contribution in [0.2, 0.25) is 0 Å². The van der Waals surface area contributed by atoms with Crippen molar-refractivity contribution in [1.82, 2.24) is 10.6 Å². The van der Waals surface area contributed by atoms with Crippen molar-refractivity contribution in [2.45, 2.75) is 52.0 Å². The van der Waals surface area contributed by atoms with Crippen LogP contribution in [0.25, 0.3) is 0 Å². The molecule has 0 aromatic heterocycles. The number of carbonyl (C=O) groups is 1. The monoisotopic (exact) mass is 250 g/mol. The normalized spacial score (nSPS) is 32.2. The third-order valence-electron chi connectivity index (χ3n) is 5.30. The van der Waals surface area contributed by atoms with Gasteiger partial charge in [0.05, 0.1) is 5.41 Å². The molecule has 0 radical (unpaired) electrons. The molecule has 2 saturated carbocycles. The predicted molar refractivity (Wildman–Crippen MR) is 72.1 cm³/mol. The molecule has 3 aliphatic rings. The molecule has 1 heterocycles. The van der Waals surface area contributed by atoms with Crippen molar-refractivity contribution in [3.63, 3.8) is 0 Å². The molecule has 1 aliphatic heterocycles. The molecule has 1 unspecified atom stereocenters. The zero-order valence-corrected chi connectivity index (χ0v) is 11.7. The van der Waals surface area contributed by atoms with E-state index in [0.29, 0.717) is 17.9 Å². The van der Waals surface area contributed by atoms with Crippen LogP contribution in [0.1, 0.15) is 46.0 Å². The van der Waals surface area contributed by atoms with Crippen molar-refractivity contribution in [2.75, 3.05) is 13.1 Å². The molecule has 0 aromatic carbocycles. The molecule has 2 aliphatic carbocycles. The van der Waals surface area contributed by atoms with Crippen LogP contribution in [0.5, 0.6) is 0 Å². The van der Waals surface area contributed by atoms with Crippen LogP contribution in [0, 0.1) is 23.2 Å². The lowest BCUT2D eigenvalue weighted by Crippen LogP contribution is -2.50. The molecule has 0 spiro atoms. The zero-order valence-electron chi connectivity index (χ0n) is 11.7. The van der Waals surface area contributed by atoms with Crippen molar-refractivity contribution in [1.29, 1.82) is 0 Å². The second kappa shape index (κ2) is 4.52. The molecule has 1 amide bonds. The summed E-state index contributed by atoms with van der Waals surface area (Å²) < 4.78 is 0. The van der Waals surface area contributed by atoms with Gasteiger partial charge in [0.2, 0.25) is 5.91 Å². The molecule has 2 N–H and O–H groups in total. The standard InChI is InChI=1S/C15H26N2O/c1-10(2)15(7-8-16-9-15)14(18)17-13(11-3-4-11)12-5-6-12/h10-13,16H,3-9H2,1-2H3,(H,17,18). The third kappa shape index (κ3) is 2.18. The summed E-state index contributed by atoms with van der Waals surface area (Å²) in [6, 6.07) is 0.494. The van der Waals surface area contributed by atoms with E-state index in [4.69, 9.17) is 0 Å². The number of rotatable bonds is 5. The molecule has 1 saturated heterocycles. The van der Waals surface area contributed by atoms with E-state index in [1.54, 1.807) is 0 Å². The fraction of sp³-hybridized carbons (Fsp3) is 0.933. The Morgan fingerprint density at radius 1 is 1.22 bits per heavy atom. The molecule has 3 heteroatoms. The Balaban J connectivity index is 1.68. The molecule has 1 atom stereocenters. The number of carbonyl (C=O) groups excluding carboxylic acids is 1. The molecular weight excluding hydrogens is 224 g/mol. The van der Waals surface area contributed by atoms with Gasteiger partial charge in [-0.15, -0.1) is 0 Å². The highest BCUT2D eigenvalue weighted by Crippen LogP contribution is 2.45. The summed E-state index contributed by atoms with van der Waals surface area (Å²) >= 11 is 0. The molecule has 3 fully saturated rings. The SMILES string of the molecule is CC(C)C1(C(=O)NC(C2CC2)C2CC2)CCNC1. The van der Waals surface area contributed by atoms with E-state index in [9.17, 15) is 4.79 Å². The molecule has 0 bridgehead atoms. The maximum Gasteiger partial charge on any atom is 0.228 e. The topological polar surface area (TPSA) is 41.1 Å². The summed E-state index contributed by atoms with van der Waals surface area (Å²) in [6.45, 7) is 6.23. The van der Waals surface area contributed by atoms with Gasteiger partial charge < -0.3 is 10.6 Å². The highest BCUT2D eigenvalue weighted by Gasteiger charge is 2.48. The van der Waals surface area contributed by atoms with Crippen LogP contribution in [0.4, 0.5) is 0 Å². The highest BCUT2D eigenvalue weighted by molar-refractivity contribution is 5.84. The lowest BCUT2D eigenvalue weighted by molar-refractivity contribution is -0.133. The summed E-state index contributed by atoms with van der Waals surface area (Å²) in [4.78, 5) is 12.7. The zero-order chi connectivity index (χ0) is 12.8. The Kier molecular flexibility index (Phi) is 3.13. The van der Waals surface area contributed by atoms with E-state index in [0.717, 1.165) is 31.3 Å². The minimum atomic E-state index is -0.151. The molecular formula is C15H26N2O. The molecule has 18 heavy (non-hydrogen) atoms. The summed E-state index contributed by atoms with van der Waals surface area (Å²) in [5, 5.41) is 6.80. The van der Waals surface area contributed by atoms with Gasteiger partial charge in [-0.25, -0.2) is 0 Å².